The van der Waals surface area contributed by atoms with E-state index in [2.05, 4.69) is 19.2 Å². The molecule has 0 aromatic heterocycles. The van der Waals surface area contributed by atoms with Gasteiger partial charge in [-0.05, 0) is 24.9 Å². The fourth-order valence-corrected chi connectivity index (χ4v) is 1.59. The first-order chi connectivity index (χ1) is 9.13. The Morgan fingerprint density at radius 3 is 2.79 bits per heavy atom. The van der Waals surface area contributed by atoms with E-state index in [9.17, 15) is 4.79 Å². The van der Waals surface area contributed by atoms with Gasteiger partial charge in [0.1, 0.15) is 5.75 Å². The van der Waals surface area contributed by atoms with Gasteiger partial charge in [-0.1, -0.05) is 32.0 Å². The van der Waals surface area contributed by atoms with Crippen LogP contribution in [0, 0.1) is 5.92 Å². The van der Waals surface area contributed by atoms with E-state index in [1.165, 1.54) is 0 Å². The predicted octanol–water partition coefficient (Wildman–Crippen LogP) is 2.08. The van der Waals surface area contributed by atoms with Crippen molar-refractivity contribution in [3.05, 3.63) is 29.8 Å². The summed E-state index contributed by atoms with van der Waals surface area (Å²) in [4.78, 5) is 11.5. The van der Waals surface area contributed by atoms with Crippen molar-refractivity contribution in [2.45, 2.75) is 33.2 Å². The first-order valence-electron chi connectivity index (χ1n) is 6.81. The SMILES string of the molecule is CC(C)COc1ccccc1CNC(=O)CCCN. The average molecular weight is 264 g/mol. The lowest BCUT2D eigenvalue weighted by Crippen LogP contribution is -2.23. The molecule has 0 aliphatic carbocycles. The first-order valence-corrected chi connectivity index (χ1v) is 6.81. The third-order valence-corrected chi connectivity index (χ3v) is 2.63. The van der Waals surface area contributed by atoms with Gasteiger partial charge in [0.25, 0.3) is 0 Å². The van der Waals surface area contributed by atoms with Crippen molar-refractivity contribution in [2.24, 2.45) is 11.7 Å². The summed E-state index contributed by atoms with van der Waals surface area (Å²) in [5.74, 6) is 1.35. The molecule has 0 spiro atoms. The lowest BCUT2D eigenvalue weighted by molar-refractivity contribution is -0.121. The standard InChI is InChI=1S/C15H24N2O2/c1-12(2)11-19-14-7-4-3-6-13(14)10-17-15(18)8-5-9-16/h3-4,6-7,12H,5,8-11,16H2,1-2H3,(H,17,18). The molecule has 1 aromatic rings. The number of carbonyl (C=O) groups excluding carboxylic acids is 1. The van der Waals surface area contributed by atoms with Gasteiger partial charge in [0.2, 0.25) is 5.91 Å². The molecule has 0 aliphatic heterocycles. The van der Waals surface area contributed by atoms with Crippen LogP contribution in [-0.4, -0.2) is 19.1 Å². The van der Waals surface area contributed by atoms with Crippen LogP contribution in [0.4, 0.5) is 0 Å². The maximum Gasteiger partial charge on any atom is 0.220 e. The molecule has 0 saturated heterocycles. The fourth-order valence-electron chi connectivity index (χ4n) is 1.59. The molecule has 0 heterocycles. The van der Waals surface area contributed by atoms with Gasteiger partial charge in [0.05, 0.1) is 6.61 Å². The first kappa shape index (κ1) is 15.5. The Morgan fingerprint density at radius 2 is 2.11 bits per heavy atom. The fraction of sp³-hybridized carbons (Fsp3) is 0.533. The quantitative estimate of drug-likeness (QED) is 0.755. The molecule has 0 unspecified atom stereocenters. The van der Waals surface area contributed by atoms with Crippen LogP contribution in [-0.2, 0) is 11.3 Å². The van der Waals surface area contributed by atoms with Crippen LogP contribution in [0.2, 0.25) is 0 Å². The Labute approximate surface area is 115 Å². The van der Waals surface area contributed by atoms with Gasteiger partial charge in [0.15, 0.2) is 0 Å². The molecule has 19 heavy (non-hydrogen) atoms. The highest BCUT2D eigenvalue weighted by molar-refractivity contribution is 5.75. The van der Waals surface area contributed by atoms with E-state index in [-0.39, 0.29) is 5.91 Å². The minimum atomic E-state index is 0.0316. The van der Waals surface area contributed by atoms with Crippen molar-refractivity contribution in [1.29, 1.82) is 0 Å². The van der Waals surface area contributed by atoms with Gasteiger partial charge in [-0.3, -0.25) is 4.79 Å². The molecular weight excluding hydrogens is 240 g/mol. The Balaban J connectivity index is 2.50. The lowest BCUT2D eigenvalue weighted by Gasteiger charge is -2.13. The summed E-state index contributed by atoms with van der Waals surface area (Å²) in [6.07, 6.45) is 1.20. The second-order valence-corrected chi connectivity index (χ2v) is 4.98. The second kappa shape index (κ2) is 8.53. The largest absolute Gasteiger partial charge is 0.493 e. The maximum atomic E-state index is 11.5. The van der Waals surface area contributed by atoms with Crippen LogP contribution < -0.4 is 15.8 Å². The molecule has 3 N–H and O–H groups in total. The number of benzene rings is 1. The molecule has 4 heteroatoms. The van der Waals surface area contributed by atoms with E-state index in [0.29, 0.717) is 32.0 Å². The molecule has 106 valence electrons. The predicted molar refractivity (Wildman–Crippen MR) is 76.9 cm³/mol. The minimum absolute atomic E-state index is 0.0316. The van der Waals surface area contributed by atoms with Crippen molar-refractivity contribution in [3.63, 3.8) is 0 Å². The number of hydrogen-bond donors (Lipinski definition) is 2. The van der Waals surface area contributed by atoms with Crippen LogP contribution in [0.15, 0.2) is 24.3 Å². The highest BCUT2D eigenvalue weighted by atomic mass is 16.5. The summed E-state index contributed by atoms with van der Waals surface area (Å²) in [6.45, 7) is 5.94. The van der Waals surface area contributed by atoms with E-state index >= 15 is 0 Å². The number of para-hydroxylation sites is 1. The average Bonchev–Trinajstić information content (AvgIpc) is 2.41. The van der Waals surface area contributed by atoms with E-state index in [1.807, 2.05) is 24.3 Å². The van der Waals surface area contributed by atoms with Gasteiger partial charge in [-0.25, -0.2) is 0 Å². The Kier molecular flexibility index (Phi) is 6.97. The summed E-state index contributed by atoms with van der Waals surface area (Å²) in [7, 11) is 0. The number of ether oxygens (including phenoxy) is 1. The molecular formula is C15H24N2O2. The lowest BCUT2D eigenvalue weighted by atomic mass is 10.2. The maximum absolute atomic E-state index is 11.5. The van der Waals surface area contributed by atoms with Gasteiger partial charge >= 0.3 is 0 Å². The number of carbonyl (C=O) groups is 1. The van der Waals surface area contributed by atoms with E-state index in [1.54, 1.807) is 0 Å². The molecule has 1 rings (SSSR count). The van der Waals surface area contributed by atoms with E-state index in [0.717, 1.165) is 17.7 Å². The highest BCUT2D eigenvalue weighted by Gasteiger charge is 2.06. The third-order valence-electron chi connectivity index (χ3n) is 2.63. The number of hydrogen-bond acceptors (Lipinski definition) is 3. The van der Waals surface area contributed by atoms with Crippen molar-refractivity contribution in [2.75, 3.05) is 13.2 Å². The van der Waals surface area contributed by atoms with Gasteiger partial charge < -0.3 is 15.8 Å². The number of nitrogens with one attached hydrogen (secondary N) is 1. The normalized spacial score (nSPS) is 10.5. The zero-order chi connectivity index (χ0) is 14.1. The number of nitrogens with two attached hydrogens (primary N) is 1. The van der Waals surface area contributed by atoms with Crippen molar-refractivity contribution >= 4 is 5.91 Å². The molecule has 0 aliphatic rings. The molecule has 1 aromatic carbocycles. The van der Waals surface area contributed by atoms with Crippen LogP contribution in [0.5, 0.6) is 5.75 Å². The summed E-state index contributed by atoms with van der Waals surface area (Å²) in [5, 5.41) is 2.89. The molecule has 0 radical (unpaired) electrons. The minimum Gasteiger partial charge on any atom is -0.493 e. The Morgan fingerprint density at radius 1 is 1.37 bits per heavy atom. The molecule has 1 amide bonds. The monoisotopic (exact) mass is 264 g/mol. The topological polar surface area (TPSA) is 64.3 Å². The van der Waals surface area contributed by atoms with Crippen molar-refractivity contribution in [1.82, 2.24) is 5.32 Å². The summed E-state index contributed by atoms with van der Waals surface area (Å²) in [6, 6.07) is 7.79. The van der Waals surface area contributed by atoms with Crippen molar-refractivity contribution < 1.29 is 9.53 Å². The van der Waals surface area contributed by atoms with Crippen LogP contribution in [0.1, 0.15) is 32.3 Å². The zero-order valence-electron chi connectivity index (χ0n) is 11.8. The third kappa shape index (κ3) is 6.25. The second-order valence-electron chi connectivity index (χ2n) is 4.98. The summed E-state index contributed by atoms with van der Waals surface area (Å²) < 4.78 is 5.74. The zero-order valence-corrected chi connectivity index (χ0v) is 11.8. The summed E-state index contributed by atoms with van der Waals surface area (Å²) in [5.41, 5.74) is 6.38. The Bertz CT molecular complexity index is 391. The number of amides is 1. The van der Waals surface area contributed by atoms with Gasteiger partial charge in [-0.15, -0.1) is 0 Å². The summed E-state index contributed by atoms with van der Waals surface area (Å²) >= 11 is 0. The molecule has 0 saturated carbocycles. The molecule has 4 nitrogen and oxygen atoms in total. The molecule has 0 bridgehead atoms. The smallest absolute Gasteiger partial charge is 0.220 e. The van der Waals surface area contributed by atoms with Crippen molar-refractivity contribution in [3.8, 4) is 5.75 Å². The van der Waals surface area contributed by atoms with Gasteiger partial charge in [-0.2, -0.15) is 0 Å². The van der Waals surface area contributed by atoms with E-state index in [4.69, 9.17) is 10.5 Å². The van der Waals surface area contributed by atoms with E-state index < -0.39 is 0 Å². The van der Waals surface area contributed by atoms with Crippen LogP contribution in [0.3, 0.4) is 0 Å². The Hall–Kier alpha value is -1.55. The molecule has 0 atom stereocenters. The van der Waals surface area contributed by atoms with Gasteiger partial charge in [0, 0.05) is 18.5 Å². The number of rotatable bonds is 8. The van der Waals surface area contributed by atoms with Crippen LogP contribution in [0.25, 0.3) is 0 Å². The molecule has 0 fully saturated rings. The highest BCUT2D eigenvalue weighted by Crippen LogP contribution is 2.18. The van der Waals surface area contributed by atoms with Crippen LogP contribution >= 0.6 is 0 Å².